The Labute approximate surface area is 116 Å². The molecule has 7 heteroatoms. The average molecular weight is 287 g/mol. The topological polar surface area (TPSA) is 81.2 Å². The Hall–Kier alpha value is -1.76. The molecule has 1 rings (SSSR count). The smallest absolute Gasteiger partial charge is 0.295 e. The molecule has 0 aromatic heterocycles. The fourth-order valence-corrected chi connectivity index (χ4v) is 2.20. The normalized spacial score (nSPS) is 14.2. The number of halogens is 2. The predicted octanol–water partition coefficient (Wildman–Crippen LogP) is 3.05. The summed E-state index contributed by atoms with van der Waals surface area (Å²) >= 11 is 0. The van der Waals surface area contributed by atoms with Crippen molar-refractivity contribution < 1.29 is 13.7 Å². The third kappa shape index (κ3) is 3.63. The second kappa shape index (κ2) is 6.13. The molecule has 1 aromatic rings. The first-order valence-corrected chi connectivity index (χ1v) is 6.31. The van der Waals surface area contributed by atoms with Crippen molar-refractivity contribution in [3.05, 3.63) is 33.9 Å². The second-order valence-corrected chi connectivity index (χ2v) is 5.50. The van der Waals surface area contributed by atoms with Gasteiger partial charge in [0.25, 0.3) is 5.69 Å². The highest BCUT2D eigenvalue weighted by Gasteiger charge is 2.30. The van der Waals surface area contributed by atoms with Gasteiger partial charge >= 0.3 is 0 Å². The van der Waals surface area contributed by atoms with Gasteiger partial charge < -0.3 is 11.1 Å². The Kier molecular flexibility index (Phi) is 4.99. The first-order valence-electron chi connectivity index (χ1n) is 6.31. The molecule has 3 N–H and O–H groups in total. The zero-order valence-electron chi connectivity index (χ0n) is 11.7. The van der Waals surface area contributed by atoms with E-state index >= 15 is 0 Å². The average Bonchev–Trinajstić information content (AvgIpc) is 2.34. The van der Waals surface area contributed by atoms with E-state index in [4.69, 9.17) is 5.73 Å². The number of nitrogens with two attached hydrogens (primary N) is 1. The summed E-state index contributed by atoms with van der Waals surface area (Å²) in [6.07, 6.45) is 0.566. The summed E-state index contributed by atoms with van der Waals surface area (Å²) in [5, 5.41) is 13.6. The molecule has 5 nitrogen and oxygen atoms in total. The monoisotopic (exact) mass is 287 g/mol. The maximum atomic E-state index is 13.8. The van der Waals surface area contributed by atoms with E-state index in [1.807, 2.05) is 13.8 Å². The lowest BCUT2D eigenvalue weighted by molar-refractivity contribution is -0.384. The third-order valence-corrected chi connectivity index (χ3v) is 3.01. The summed E-state index contributed by atoms with van der Waals surface area (Å²) in [6.45, 7) is 5.76. The number of hydrogen-bond donors (Lipinski definition) is 2. The number of nitrogens with one attached hydrogen (secondary N) is 1. The minimum atomic E-state index is -1.26. The van der Waals surface area contributed by atoms with Gasteiger partial charge in [0.05, 0.1) is 4.92 Å². The van der Waals surface area contributed by atoms with E-state index in [0.29, 0.717) is 6.42 Å². The molecule has 0 aliphatic heterocycles. The van der Waals surface area contributed by atoms with Crippen LogP contribution in [0.5, 0.6) is 0 Å². The summed E-state index contributed by atoms with van der Waals surface area (Å²) in [6, 6.07) is 1.67. The van der Waals surface area contributed by atoms with E-state index in [1.54, 1.807) is 6.92 Å². The molecule has 0 heterocycles. The fraction of sp³-hybridized carbons (Fsp3) is 0.538. The van der Waals surface area contributed by atoms with E-state index in [9.17, 15) is 18.9 Å². The van der Waals surface area contributed by atoms with Crippen LogP contribution in [0.15, 0.2) is 12.1 Å². The molecule has 112 valence electrons. The first kappa shape index (κ1) is 16.3. The van der Waals surface area contributed by atoms with Crippen molar-refractivity contribution in [1.82, 2.24) is 0 Å². The van der Waals surface area contributed by atoms with Crippen LogP contribution in [0.1, 0.15) is 27.2 Å². The lowest BCUT2D eigenvalue weighted by atomic mass is 9.90. The molecule has 0 saturated heterocycles. The minimum Gasteiger partial charge on any atom is -0.371 e. The zero-order chi connectivity index (χ0) is 15.5. The standard InChI is InChI=1S/C13H19F2N3O2/c1-8(2)6-13(3,7-16)17-12-10(18(19)20)5-4-9(14)11(12)15/h4-5,8,17H,6-7,16H2,1-3H3. The van der Waals surface area contributed by atoms with Crippen LogP contribution in [0.3, 0.4) is 0 Å². The highest BCUT2D eigenvalue weighted by atomic mass is 19.2. The van der Waals surface area contributed by atoms with Crippen LogP contribution >= 0.6 is 0 Å². The number of benzene rings is 1. The van der Waals surface area contributed by atoms with Gasteiger partial charge in [0.2, 0.25) is 0 Å². The van der Waals surface area contributed by atoms with Gasteiger partial charge in [-0.1, -0.05) is 13.8 Å². The quantitative estimate of drug-likeness (QED) is 0.622. The molecule has 0 amide bonds. The van der Waals surface area contributed by atoms with Crippen LogP contribution in [0.4, 0.5) is 20.2 Å². The van der Waals surface area contributed by atoms with Gasteiger partial charge in [-0.05, 0) is 25.3 Å². The number of rotatable bonds is 6. The maximum absolute atomic E-state index is 13.8. The highest BCUT2D eigenvalue weighted by Crippen LogP contribution is 2.32. The Bertz CT molecular complexity index is 509. The summed E-state index contributed by atoms with van der Waals surface area (Å²) < 4.78 is 27.1. The van der Waals surface area contributed by atoms with Gasteiger partial charge in [-0.2, -0.15) is 0 Å². The summed E-state index contributed by atoms with van der Waals surface area (Å²) in [7, 11) is 0. The Morgan fingerprint density at radius 3 is 2.50 bits per heavy atom. The molecule has 1 atom stereocenters. The molecular weight excluding hydrogens is 268 g/mol. The van der Waals surface area contributed by atoms with Crippen LogP contribution < -0.4 is 11.1 Å². The molecule has 20 heavy (non-hydrogen) atoms. The van der Waals surface area contributed by atoms with Crippen molar-refractivity contribution in [2.24, 2.45) is 11.7 Å². The van der Waals surface area contributed by atoms with Gasteiger partial charge in [0.15, 0.2) is 17.3 Å². The fourth-order valence-electron chi connectivity index (χ4n) is 2.20. The highest BCUT2D eigenvalue weighted by molar-refractivity contribution is 5.63. The summed E-state index contributed by atoms with van der Waals surface area (Å²) in [4.78, 5) is 10.2. The SMILES string of the molecule is CC(C)CC(C)(CN)Nc1c([N+](=O)[O-])ccc(F)c1F. The third-order valence-electron chi connectivity index (χ3n) is 3.01. The Morgan fingerprint density at radius 2 is 2.05 bits per heavy atom. The molecule has 0 aliphatic rings. The van der Waals surface area contributed by atoms with Gasteiger partial charge in [0, 0.05) is 18.2 Å². The van der Waals surface area contributed by atoms with Crippen LogP contribution in [-0.2, 0) is 0 Å². The van der Waals surface area contributed by atoms with Crippen molar-refractivity contribution in [1.29, 1.82) is 0 Å². The van der Waals surface area contributed by atoms with E-state index in [2.05, 4.69) is 5.32 Å². The van der Waals surface area contributed by atoms with E-state index < -0.39 is 33.5 Å². The molecule has 1 aromatic carbocycles. The number of hydrogen-bond acceptors (Lipinski definition) is 4. The second-order valence-electron chi connectivity index (χ2n) is 5.50. The molecule has 0 radical (unpaired) electrons. The Balaban J connectivity index is 3.24. The molecular formula is C13H19F2N3O2. The summed E-state index contributed by atoms with van der Waals surface area (Å²) in [5.74, 6) is -2.16. The molecule has 0 fully saturated rings. The van der Waals surface area contributed by atoms with Crippen molar-refractivity contribution >= 4 is 11.4 Å². The lowest BCUT2D eigenvalue weighted by Gasteiger charge is -2.32. The largest absolute Gasteiger partial charge is 0.371 e. The van der Waals surface area contributed by atoms with Crippen molar-refractivity contribution in [3.63, 3.8) is 0 Å². The number of nitro benzene ring substituents is 1. The minimum absolute atomic E-state index is 0.137. The molecule has 0 bridgehead atoms. The maximum Gasteiger partial charge on any atom is 0.295 e. The van der Waals surface area contributed by atoms with Gasteiger partial charge in [-0.25, -0.2) is 8.78 Å². The number of anilines is 1. The van der Waals surface area contributed by atoms with E-state index in [1.165, 1.54) is 0 Å². The molecule has 0 spiro atoms. The molecule has 1 unspecified atom stereocenters. The van der Waals surface area contributed by atoms with Gasteiger partial charge in [-0.15, -0.1) is 0 Å². The van der Waals surface area contributed by atoms with Crippen LogP contribution in [-0.4, -0.2) is 17.0 Å². The van der Waals surface area contributed by atoms with E-state index in [-0.39, 0.29) is 12.5 Å². The summed E-state index contributed by atoms with van der Waals surface area (Å²) in [5.41, 5.74) is 3.95. The van der Waals surface area contributed by atoms with Crippen LogP contribution in [0, 0.1) is 27.7 Å². The number of nitro groups is 1. The zero-order valence-corrected chi connectivity index (χ0v) is 11.7. The van der Waals surface area contributed by atoms with Crippen LogP contribution in [0.2, 0.25) is 0 Å². The van der Waals surface area contributed by atoms with Crippen molar-refractivity contribution in [2.45, 2.75) is 32.7 Å². The number of nitrogens with zero attached hydrogens (tertiary/aromatic N) is 1. The van der Waals surface area contributed by atoms with Crippen molar-refractivity contribution in [3.8, 4) is 0 Å². The lowest BCUT2D eigenvalue weighted by Crippen LogP contribution is -2.44. The van der Waals surface area contributed by atoms with Crippen LogP contribution in [0.25, 0.3) is 0 Å². The molecule has 0 saturated carbocycles. The van der Waals surface area contributed by atoms with Gasteiger partial charge in [-0.3, -0.25) is 10.1 Å². The van der Waals surface area contributed by atoms with Gasteiger partial charge in [0.1, 0.15) is 0 Å². The predicted molar refractivity (Wildman–Crippen MR) is 73.5 cm³/mol. The van der Waals surface area contributed by atoms with Crippen molar-refractivity contribution in [2.75, 3.05) is 11.9 Å². The Morgan fingerprint density at radius 1 is 1.45 bits per heavy atom. The van der Waals surface area contributed by atoms with E-state index in [0.717, 1.165) is 12.1 Å². The first-order chi connectivity index (χ1) is 9.20. The molecule has 0 aliphatic carbocycles.